The number of Topliss-reactive ketones (excluding diaryl/α,β-unsaturated/α-hetero) is 1. The number of nitrogens with zero attached hydrogens (tertiary/aromatic N) is 5. The second kappa shape index (κ2) is 8.48. The Labute approximate surface area is 172 Å². The van der Waals surface area contributed by atoms with E-state index in [1.807, 2.05) is 6.07 Å². The molecule has 0 fully saturated rings. The van der Waals surface area contributed by atoms with Crippen LogP contribution in [0.25, 0.3) is 17.0 Å². The van der Waals surface area contributed by atoms with Crippen LogP contribution in [0.4, 0.5) is 0 Å². The van der Waals surface area contributed by atoms with Gasteiger partial charge in [-0.3, -0.25) is 9.59 Å². The molecule has 1 unspecified atom stereocenters. The van der Waals surface area contributed by atoms with Gasteiger partial charge in [-0.2, -0.15) is 9.61 Å². The minimum atomic E-state index is -0.865. The van der Waals surface area contributed by atoms with Crippen LogP contribution in [0.15, 0.2) is 35.4 Å². The second-order valence-electron chi connectivity index (χ2n) is 6.38. The Hall–Kier alpha value is -3.14. The highest BCUT2D eigenvalue weighted by Crippen LogP contribution is 2.32. The Morgan fingerprint density at radius 2 is 1.79 bits per heavy atom. The van der Waals surface area contributed by atoms with Gasteiger partial charge in [0.05, 0.1) is 14.2 Å². The van der Waals surface area contributed by atoms with Crippen molar-refractivity contribution in [2.45, 2.75) is 17.2 Å². The predicted molar refractivity (Wildman–Crippen MR) is 108 cm³/mol. The van der Waals surface area contributed by atoms with E-state index in [0.717, 1.165) is 17.3 Å². The quantitative estimate of drug-likeness (QED) is 0.426. The standard InChI is InChI=1S/C19H21N5O4S/c1-11(25)17(19(26)23(2)3)29-16-9-8-15-20-21-18(24(15)22-16)12-6-7-13(27-4)14(10-12)28-5/h6-10,17H,1-5H3. The molecule has 152 valence electrons. The molecule has 10 heteroatoms. The van der Waals surface area contributed by atoms with Gasteiger partial charge in [0.15, 0.2) is 28.8 Å². The first-order valence-electron chi connectivity index (χ1n) is 8.68. The summed E-state index contributed by atoms with van der Waals surface area (Å²) < 4.78 is 12.2. The molecule has 0 bridgehead atoms. The van der Waals surface area contributed by atoms with E-state index in [2.05, 4.69) is 15.3 Å². The van der Waals surface area contributed by atoms with Crippen LogP contribution >= 0.6 is 11.8 Å². The predicted octanol–water partition coefficient (Wildman–Crippen LogP) is 1.95. The van der Waals surface area contributed by atoms with Crippen LogP contribution in [0.3, 0.4) is 0 Å². The highest BCUT2D eigenvalue weighted by molar-refractivity contribution is 8.01. The maximum atomic E-state index is 12.3. The van der Waals surface area contributed by atoms with Crippen molar-refractivity contribution < 1.29 is 19.1 Å². The van der Waals surface area contributed by atoms with E-state index in [1.165, 1.54) is 11.8 Å². The summed E-state index contributed by atoms with van der Waals surface area (Å²) in [5.41, 5.74) is 1.27. The van der Waals surface area contributed by atoms with Crippen molar-refractivity contribution in [1.29, 1.82) is 0 Å². The lowest BCUT2D eigenvalue weighted by atomic mass is 10.2. The molecule has 1 aromatic carbocycles. The zero-order valence-electron chi connectivity index (χ0n) is 16.7. The molecule has 29 heavy (non-hydrogen) atoms. The van der Waals surface area contributed by atoms with Gasteiger partial charge in [0.1, 0.15) is 10.3 Å². The van der Waals surface area contributed by atoms with E-state index in [1.54, 1.807) is 57.1 Å². The largest absolute Gasteiger partial charge is 0.493 e. The number of hydrogen-bond acceptors (Lipinski definition) is 8. The van der Waals surface area contributed by atoms with Crippen LogP contribution in [0.2, 0.25) is 0 Å². The van der Waals surface area contributed by atoms with Gasteiger partial charge in [-0.25, -0.2) is 0 Å². The molecule has 0 spiro atoms. The van der Waals surface area contributed by atoms with Gasteiger partial charge in [-0.15, -0.1) is 10.2 Å². The van der Waals surface area contributed by atoms with Crippen molar-refractivity contribution in [3.05, 3.63) is 30.3 Å². The van der Waals surface area contributed by atoms with Crippen molar-refractivity contribution in [2.75, 3.05) is 28.3 Å². The number of hydrogen-bond donors (Lipinski definition) is 0. The summed E-state index contributed by atoms with van der Waals surface area (Å²) in [5.74, 6) is 1.13. The molecule has 1 atom stereocenters. The van der Waals surface area contributed by atoms with Gasteiger partial charge in [0.2, 0.25) is 5.91 Å². The normalized spacial score (nSPS) is 11.9. The summed E-state index contributed by atoms with van der Waals surface area (Å²) in [7, 11) is 6.35. The molecular weight excluding hydrogens is 394 g/mol. The number of benzene rings is 1. The number of methoxy groups -OCH3 is 2. The smallest absolute Gasteiger partial charge is 0.243 e. The Kier molecular flexibility index (Phi) is 6.02. The fourth-order valence-corrected chi connectivity index (χ4v) is 3.65. The zero-order chi connectivity index (χ0) is 21.1. The topological polar surface area (TPSA) is 98.9 Å². The van der Waals surface area contributed by atoms with Crippen LogP contribution in [0.5, 0.6) is 11.5 Å². The number of ketones is 1. The number of carbonyl (C=O) groups is 2. The number of amides is 1. The average molecular weight is 415 g/mol. The van der Waals surface area contributed by atoms with E-state index in [0.29, 0.717) is 28.0 Å². The number of rotatable bonds is 7. The minimum Gasteiger partial charge on any atom is -0.493 e. The highest BCUT2D eigenvalue weighted by atomic mass is 32.2. The molecule has 0 saturated heterocycles. The van der Waals surface area contributed by atoms with E-state index < -0.39 is 5.25 Å². The molecular formula is C19H21N5O4S. The molecule has 0 radical (unpaired) electrons. The van der Waals surface area contributed by atoms with Gasteiger partial charge in [0, 0.05) is 19.7 Å². The van der Waals surface area contributed by atoms with E-state index in [4.69, 9.17) is 9.47 Å². The third kappa shape index (κ3) is 4.16. The van der Waals surface area contributed by atoms with Gasteiger partial charge >= 0.3 is 0 Å². The first kappa shape index (κ1) is 20.6. The molecule has 2 aromatic heterocycles. The maximum absolute atomic E-state index is 12.3. The molecule has 2 heterocycles. The van der Waals surface area contributed by atoms with E-state index in [9.17, 15) is 9.59 Å². The molecule has 0 saturated carbocycles. The Balaban J connectivity index is 2.01. The number of aromatic nitrogens is 4. The lowest BCUT2D eigenvalue weighted by molar-refractivity contribution is -0.132. The molecule has 3 rings (SSSR count). The van der Waals surface area contributed by atoms with Crippen molar-refractivity contribution in [2.24, 2.45) is 0 Å². The van der Waals surface area contributed by atoms with Gasteiger partial charge < -0.3 is 14.4 Å². The molecule has 9 nitrogen and oxygen atoms in total. The fraction of sp³-hybridized carbons (Fsp3) is 0.316. The minimum absolute atomic E-state index is 0.237. The Bertz CT molecular complexity index is 1070. The average Bonchev–Trinajstić information content (AvgIpc) is 3.13. The molecule has 0 N–H and O–H groups in total. The van der Waals surface area contributed by atoms with Crippen LogP contribution < -0.4 is 9.47 Å². The van der Waals surface area contributed by atoms with Crippen molar-refractivity contribution in [3.63, 3.8) is 0 Å². The van der Waals surface area contributed by atoms with Crippen molar-refractivity contribution >= 4 is 29.1 Å². The number of fused-ring (bicyclic) bond motifs is 1. The summed E-state index contributed by atoms with van der Waals surface area (Å²) in [5, 5.41) is 12.5. The first-order valence-corrected chi connectivity index (χ1v) is 9.56. The fourth-order valence-electron chi connectivity index (χ4n) is 2.65. The van der Waals surface area contributed by atoms with Crippen LogP contribution in [-0.4, -0.2) is 70.0 Å². The van der Waals surface area contributed by atoms with Crippen molar-refractivity contribution in [3.8, 4) is 22.9 Å². The van der Waals surface area contributed by atoms with Crippen LogP contribution in [-0.2, 0) is 9.59 Å². The van der Waals surface area contributed by atoms with Gasteiger partial charge in [-0.05, 0) is 37.3 Å². The van der Waals surface area contributed by atoms with Gasteiger partial charge in [-0.1, -0.05) is 11.8 Å². The van der Waals surface area contributed by atoms with Gasteiger partial charge in [0.25, 0.3) is 0 Å². The summed E-state index contributed by atoms with van der Waals surface area (Å²) in [6.45, 7) is 1.39. The lowest BCUT2D eigenvalue weighted by Crippen LogP contribution is -2.36. The Morgan fingerprint density at radius 3 is 2.41 bits per heavy atom. The number of thioether (sulfide) groups is 1. The third-order valence-corrected chi connectivity index (χ3v) is 5.38. The van der Waals surface area contributed by atoms with Crippen molar-refractivity contribution in [1.82, 2.24) is 24.7 Å². The molecule has 1 amide bonds. The van der Waals surface area contributed by atoms with E-state index >= 15 is 0 Å². The van der Waals surface area contributed by atoms with Crippen LogP contribution in [0.1, 0.15) is 6.92 Å². The van der Waals surface area contributed by atoms with Crippen LogP contribution in [0, 0.1) is 0 Å². The number of ether oxygens (including phenoxy) is 2. The summed E-state index contributed by atoms with van der Waals surface area (Å²) in [4.78, 5) is 25.7. The molecule has 0 aliphatic heterocycles. The molecule has 3 aromatic rings. The molecule has 0 aliphatic rings. The third-order valence-electron chi connectivity index (χ3n) is 4.15. The summed E-state index contributed by atoms with van der Waals surface area (Å²) in [6, 6.07) is 8.84. The monoisotopic (exact) mass is 415 g/mol. The second-order valence-corrected chi connectivity index (χ2v) is 7.50. The first-order chi connectivity index (χ1) is 13.8. The SMILES string of the molecule is COc1ccc(-c2nnc3ccc(SC(C(C)=O)C(=O)N(C)C)nn23)cc1OC. The zero-order valence-corrected chi connectivity index (χ0v) is 17.6. The Morgan fingerprint density at radius 1 is 1.07 bits per heavy atom. The van der Waals surface area contributed by atoms with E-state index in [-0.39, 0.29) is 11.7 Å². The highest BCUT2D eigenvalue weighted by Gasteiger charge is 2.27. The maximum Gasteiger partial charge on any atom is 0.243 e. The summed E-state index contributed by atoms with van der Waals surface area (Å²) >= 11 is 1.10. The molecule has 0 aliphatic carbocycles. The lowest BCUT2D eigenvalue weighted by Gasteiger charge is -2.17. The number of carbonyl (C=O) groups excluding carboxylic acids is 2. The summed E-state index contributed by atoms with van der Waals surface area (Å²) in [6.07, 6.45) is 0.